The highest BCUT2D eigenvalue weighted by molar-refractivity contribution is 7.88. The summed E-state index contributed by atoms with van der Waals surface area (Å²) in [7, 11) is -6.56. The van der Waals surface area contributed by atoms with E-state index < -0.39 is 25.9 Å². The summed E-state index contributed by atoms with van der Waals surface area (Å²) in [5.74, 6) is -1.43. The molecule has 0 aliphatic rings. The van der Waals surface area contributed by atoms with Gasteiger partial charge in [-0.25, -0.2) is 8.78 Å². The van der Waals surface area contributed by atoms with Gasteiger partial charge in [-0.1, -0.05) is 51.0 Å². The van der Waals surface area contributed by atoms with Gasteiger partial charge >= 0.3 is 0 Å². The lowest BCUT2D eigenvalue weighted by molar-refractivity contribution is 0.568. The molecule has 2 aromatic rings. The molecule has 0 aromatic heterocycles. The highest BCUT2D eigenvalue weighted by atomic mass is 31.2. The Balaban J connectivity index is 2.59. The van der Waals surface area contributed by atoms with Gasteiger partial charge in [0, 0.05) is 12.3 Å². The van der Waals surface area contributed by atoms with Crippen molar-refractivity contribution in [3.8, 4) is 0 Å². The van der Waals surface area contributed by atoms with Crippen LogP contribution < -0.4 is 10.6 Å². The van der Waals surface area contributed by atoms with E-state index in [9.17, 15) is 17.9 Å². The van der Waals surface area contributed by atoms with Crippen LogP contribution in [-0.4, -0.2) is 18.2 Å². The SMILES string of the molecule is CCCCP(=O)(CCCC)CP(=O)(c1ccccc1F)c1ccccc1F. The number of unbranched alkanes of at least 4 members (excludes halogenated alkanes) is 2. The van der Waals surface area contributed by atoms with Crippen LogP contribution in [0.2, 0.25) is 0 Å². The van der Waals surface area contributed by atoms with Gasteiger partial charge < -0.3 is 9.13 Å². The van der Waals surface area contributed by atoms with Crippen LogP contribution in [0.15, 0.2) is 48.5 Å². The molecule has 0 atom stereocenters. The van der Waals surface area contributed by atoms with Crippen LogP contribution in [0, 0.1) is 11.6 Å². The van der Waals surface area contributed by atoms with E-state index in [0.29, 0.717) is 12.3 Å². The Hall–Kier alpha value is -1.24. The Labute approximate surface area is 161 Å². The summed E-state index contributed by atoms with van der Waals surface area (Å²) in [6, 6.07) is 11.5. The summed E-state index contributed by atoms with van der Waals surface area (Å²) >= 11 is 0. The summed E-state index contributed by atoms with van der Waals surface area (Å²) < 4.78 is 57.0. The Bertz CT molecular complexity index is 790. The molecule has 6 heteroatoms. The molecule has 148 valence electrons. The van der Waals surface area contributed by atoms with E-state index >= 15 is 0 Å². The number of benzene rings is 2. The van der Waals surface area contributed by atoms with E-state index in [1.165, 1.54) is 36.4 Å². The second-order valence-electron chi connectivity index (χ2n) is 7.00. The summed E-state index contributed by atoms with van der Waals surface area (Å²) in [5, 5.41) is -0.0494. The Morgan fingerprint density at radius 3 is 1.52 bits per heavy atom. The molecule has 0 unspecified atom stereocenters. The summed E-state index contributed by atoms with van der Waals surface area (Å²) in [4.78, 5) is 0. The minimum atomic E-state index is -3.71. The van der Waals surface area contributed by atoms with E-state index in [-0.39, 0.29) is 16.5 Å². The Morgan fingerprint density at radius 1 is 0.741 bits per heavy atom. The van der Waals surface area contributed by atoms with E-state index in [1.54, 1.807) is 12.1 Å². The largest absolute Gasteiger partial charge is 0.323 e. The first-order chi connectivity index (χ1) is 12.9. The van der Waals surface area contributed by atoms with Crippen molar-refractivity contribution in [2.45, 2.75) is 39.5 Å². The molecule has 0 spiro atoms. The van der Waals surface area contributed by atoms with Crippen molar-refractivity contribution in [2.24, 2.45) is 0 Å². The first-order valence-corrected chi connectivity index (χ1v) is 13.7. The quantitative estimate of drug-likeness (QED) is 0.436. The molecule has 27 heavy (non-hydrogen) atoms. The van der Waals surface area contributed by atoms with Crippen LogP contribution >= 0.6 is 14.3 Å². The number of hydrogen-bond acceptors (Lipinski definition) is 2. The van der Waals surface area contributed by atoms with Crippen molar-refractivity contribution in [3.63, 3.8) is 0 Å². The molecule has 2 rings (SSSR count). The zero-order valence-corrected chi connectivity index (χ0v) is 17.8. The smallest absolute Gasteiger partial charge is 0.156 e. The monoisotopic (exact) mass is 412 g/mol. The topological polar surface area (TPSA) is 34.1 Å². The number of halogens is 2. The maximum Gasteiger partial charge on any atom is 0.156 e. The molecule has 0 N–H and O–H groups in total. The fraction of sp³-hybridized carbons (Fsp3) is 0.429. The normalized spacial score (nSPS) is 12.3. The van der Waals surface area contributed by atoms with Crippen molar-refractivity contribution in [1.82, 2.24) is 0 Å². The molecule has 0 saturated carbocycles. The van der Waals surface area contributed by atoms with Crippen LogP contribution in [0.3, 0.4) is 0 Å². The van der Waals surface area contributed by atoms with Crippen LogP contribution in [-0.2, 0) is 9.13 Å². The molecular formula is C21H28F2O2P2. The molecule has 0 bridgehead atoms. The van der Waals surface area contributed by atoms with Gasteiger partial charge in [-0.2, -0.15) is 0 Å². The molecule has 0 radical (unpaired) electrons. The van der Waals surface area contributed by atoms with Crippen LogP contribution in [0.1, 0.15) is 39.5 Å². The number of hydrogen-bond donors (Lipinski definition) is 0. The summed E-state index contributed by atoms with van der Waals surface area (Å²) in [6.07, 6.45) is 4.21. The second kappa shape index (κ2) is 9.80. The van der Waals surface area contributed by atoms with E-state index in [0.717, 1.165) is 25.7 Å². The highest BCUT2D eigenvalue weighted by Crippen LogP contribution is 2.61. The van der Waals surface area contributed by atoms with Crippen molar-refractivity contribution >= 4 is 24.9 Å². The third-order valence-electron chi connectivity index (χ3n) is 4.78. The van der Waals surface area contributed by atoms with Crippen molar-refractivity contribution in [2.75, 3.05) is 18.2 Å². The van der Waals surface area contributed by atoms with Crippen molar-refractivity contribution in [1.29, 1.82) is 0 Å². The minimum Gasteiger partial charge on any atom is -0.323 e. The molecule has 0 amide bonds. The molecule has 0 aliphatic carbocycles. The van der Waals surface area contributed by atoms with Gasteiger partial charge in [-0.05, 0) is 37.1 Å². The average Bonchev–Trinajstić information content (AvgIpc) is 2.65. The van der Waals surface area contributed by atoms with Crippen LogP contribution in [0.25, 0.3) is 0 Å². The second-order valence-corrected chi connectivity index (χ2v) is 13.6. The first-order valence-electron chi connectivity index (χ1n) is 9.52. The average molecular weight is 412 g/mol. The maximum absolute atomic E-state index is 14.6. The fourth-order valence-electron chi connectivity index (χ4n) is 3.28. The molecule has 0 fully saturated rings. The number of rotatable bonds is 10. The lowest BCUT2D eigenvalue weighted by Gasteiger charge is -2.26. The van der Waals surface area contributed by atoms with Gasteiger partial charge in [0.1, 0.15) is 11.6 Å². The van der Waals surface area contributed by atoms with Gasteiger partial charge in [0.05, 0.1) is 23.7 Å². The van der Waals surface area contributed by atoms with E-state index in [1.807, 2.05) is 13.8 Å². The third-order valence-corrected chi connectivity index (χ3v) is 13.0. The Morgan fingerprint density at radius 2 is 1.15 bits per heavy atom. The van der Waals surface area contributed by atoms with Crippen LogP contribution in [0.4, 0.5) is 8.78 Å². The molecule has 2 nitrogen and oxygen atoms in total. The fourth-order valence-corrected chi connectivity index (χ4v) is 12.3. The predicted molar refractivity (Wildman–Crippen MR) is 112 cm³/mol. The lowest BCUT2D eigenvalue weighted by atomic mass is 10.3. The molecule has 0 heterocycles. The van der Waals surface area contributed by atoms with Gasteiger partial charge in [-0.3, -0.25) is 0 Å². The molecule has 0 saturated heterocycles. The van der Waals surface area contributed by atoms with Crippen LogP contribution in [0.5, 0.6) is 0 Å². The van der Waals surface area contributed by atoms with Gasteiger partial charge in [0.15, 0.2) is 7.14 Å². The van der Waals surface area contributed by atoms with Gasteiger partial charge in [0.25, 0.3) is 0 Å². The van der Waals surface area contributed by atoms with Crippen molar-refractivity contribution < 1.29 is 17.9 Å². The molecular weight excluding hydrogens is 384 g/mol. The zero-order chi connectivity index (χ0) is 19.9. The Kier molecular flexibility index (Phi) is 8.01. The standard InChI is InChI=1S/C21H28F2O2P2/c1-3-5-15-26(24,16-6-4-2)17-27(25,20-13-9-7-11-18(20)22)21-14-10-8-12-19(21)23/h7-14H,3-6,15-17H2,1-2H3. The maximum atomic E-state index is 14.6. The summed E-state index contributed by atoms with van der Waals surface area (Å²) in [6.45, 7) is 4.02. The predicted octanol–water partition coefficient (Wildman–Crippen LogP) is 6.20. The minimum absolute atomic E-state index is 0.0247. The lowest BCUT2D eigenvalue weighted by Crippen LogP contribution is -2.24. The first kappa shape index (κ1) is 22.1. The molecule has 0 aliphatic heterocycles. The van der Waals surface area contributed by atoms with Crippen molar-refractivity contribution in [3.05, 3.63) is 60.2 Å². The van der Waals surface area contributed by atoms with E-state index in [4.69, 9.17) is 0 Å². The van der Waals surface area contributed by atoms with E-state index in [2.05, 4.69) is 0 Å². The van der Waals surface area contributed by atoms with Gasteiger partial charge in [0.2, 0.25) is 0 Å². The molecule has 2 aromatic carbocycles. The highest BCUT2D eigenvalue weighted by Gasteiger charge is 2.39. The van der Waals surface area contributed by atoms with Gasteiger partial charge in [-0.15, -0.1) is 0 Å². The summed E-state index contributed by atoms with van der Waals surface area (Å²) in [5.41, 5.74) is 0. The zero-order valence-electron chi connectivity index (χ0n) is 16.0. The third kappa shape index (κ3) is 5.39.